The average molecular weight is 254 g/mol. The van der Waals surface area contributed by atoms with E-state index in [0.29, 0.717) is 0 Å². The normalized spacial score (nSPS) is 11.4. The Hall–Kier alpha value is -1.80. The van der Waals surface area contributed by atoms with Gasteiger partial charge in [0.2, 0.25) is 0 Å². The van der Waals surface area contributed by atoms with Crippen LogP contribution in [0, 0.1) is 6.92 Å². The molecule has 2 heteroatoms. The van der Waals surface area contributed by atoms with Crippen LogP contribution in [0.3, 0.4) is 0 Å². The van der Waals surface area contributed by atoms with Crippen molar-refractivity contribution in [2.24, 2.45) is 0 Å². The summed E-state index contributed by atoms with van der Waals surface area (Å²) in [7, 11) is 2.06. The zero-order valence-corrected chi connectivity index (χ0v) is 12.1. The first-order valence-electron chi connectivity index (χ1n) is 6.63. The van der Waals surface area contributed by atoms with E-state index in [1.807, 2.05) is 6.07 Å². The van der Waals surface area contributed by atoms with Crippen LogP contribution in [0.25, 0.3) is 0 Å². The van der Waals surface area contributed by atoms with Gasteiger partial charge in [-0.2, -0.15) is 0 Å². The zero-order valence-electron chi connectivity index (χ0n) is 12.1. The van der Waals surface area contributed by atoms with Gasteiger partial charge < -0.3 is 5.01 Å². The highest BCUT2D eigenvalue weighted by molar-refractivity contribution is 5.51. The average Bonchev–Trinajstić information content (AvgIpc) is 2.39. The molecular weight excluding hydrogens is 232 g/mol. The lowest BCUT2D eigenvalue weighted by Crippen LogP contribution is -2.47. The van der Waals surface area contributed by atoms with Crippen molar-refractivity contribution in [2.75, 3.05) is 12.1 Å². The van der Waals surface area contributed by atoms with E-state index in [1.54, 1.807) is 0 Å². The van der Waals surface area contributed by atoms with Crippen LogP contribution in [-0.2, 0) is 5.54 Å². The smallest absolute Gasteiger partial charge is 0.0565 e. The standard InChI is InChI=1S/C17H22N2/c1-14-10-8-9-13-16(14)19(4)18-17(2,3)15-11-6-5-7-12-15/h5-13,18H,1-4H3. The molecule has 1 N–H and O–H groups in total. The summed E-state index contributed by atoms with van der Waals surface area (Å²) >= 11 is 0. The molecule has 0 amide bonds. The summed E-state index contributed by atoms with van der Waals surface area (Å²) in [6.07, 6.45) is 0. The van der Waals surface area contributed by atoms with Gasteiger partial charge in [-0.25, -0.2) is 5.43 Å². The highest BCUT2D eigenvalue weighted by Crippen LogP contribution is 2.23. The van der Waals surface area contributed by atoms with E-state index in [-0.39, 0.29) is 5.54 Å². The van der Waals surface area contributed by atoms with Crippen molar-refractivity contribution < 1.29 is 0 Å². The van der Waals surface area contributed by atoms with Gasteiger partial charge in [-0.15, -0.1) is 0 Å². The third kappa shape index (κ3) is 3.15. The first kappa shape index (κ1) is 13.6. The van der Waals surface area contributed by atoms with Gasteiger partial charge in [0.25, 0.3) is 0 Å². The summed E-state index contributed by atoms with van der Waals surface area (Å²) in [5, 5.41) is 2.10. The Bertz CT molecular complexity index is 532. The second-order valence-corrected chi connectivity index (χ2v) is 5.45. The Kier molecular flexibility index (Phi) is 3.91. The van der Waals surface area contributed by atoms with Crippen LogP contribution in [0.2, 0.25) is 0 Å². The number of hydrogen-bond donors (Lipinski definition) is 1. The number of nitrogens with zero attached hydrogens (tertiary/aromatic N) is 1. The molecule has 0 aliphatic rings. The van der Waals surface area contributed by atoms with Crippen LogP contribution >= 0.6 is 0 Å². The quantitative estimate of drug-likeness (QED) is 0.833. The summed E-state index contributed by atoms with van der Waals surface area (Å²) < 4.78 is 0. The Morgan fingerprint density at radius 1 is 0.895 bits per heavy atom. The number of anilines is 1. The van der Waals surface area contributed by atoms with E-state index in [4.69, 9.17) is 0 Å². The van der Waals surface area contributed by atoms with Crippen LogP contribution in [0.1, 0.15) is 25.0 Å². The number of nitrogens with one attached hydrogen (secondary N) is 1. The number of aryl methyl sites for hydroxylation is 1. The monoisotopic (exact) mass is 254 g/mol. The highest BCUT2D eigenvalue weighted by atomic mass is 15.5. The SMILES string of the molecule is Cc1ccccc1N(C)NC(C)(C)c1ccccc1. The molecule has 0 heterocycles. The molecule has 0 aromatic heterocycles. The molecule has 2 nitrogen and oxygen atoms in total. The molecule has 0 aliphatic heterocycles. The van der Waals surface area contributed by atoms with Crippen molar-refractivity contribution in [1.29, 1.82) is 0 Å². The molecule has 2 rings (SSSR count). The van der Waals surface area contributed by atoms with Crippen LogP contribution in [0.5, 0.6) is 0 Å². The zero-order chi connectivity index (χ0) is 13.9. The van der Waals surface area contributed by atoms with Gasteiger partial charge in [0, 0.05) is 7.05 Å². The maximum Gasteiger partial charge on any atom is 0.0565 e. The summed E-state index contributed by atoms with van der Waals surface area (Å²) in [4.78, 5) is 0. The molecule has 0 aliphatic carbocycles. The van der Waals surface area contributed by atoms with Gasteiger partial charge in [-0.05, 0) is 38.0 Å². The fourth-order valence-corrected chi connectivity index (χ4v) is 2.34. The van der Waals surface area contributed by atoms with Crippen LogP contribution in [0.15, 0.2) is 54.6 Å². The predicted octanol–water partition coefficient (Wildman–Crippen LogP) is 3.87. The summed E-state index contributed by atoms with van der Waals surface area (Å²) in [5.74, 6) is 0. The van der Waals surface area contributed by atoms with Crippen molar-refractivity contribution in [3.8, 4) is 0 Å². The van der Waals surface area contributed by atoms with Crippen LogP contribution < -0.4 is 10.4 Å². The predicted molar refractivity (Wildman–Crippen MR) is 82.2 cm³/mol. The van der Waals surface area contributed by atoms with Crippen molar-refractivity contribution in [3.63, 3.8) is 0 Å². The topological polar surface area (TPSA) is 15.3 Å². The molecule has 0 saturated carbocycles. The maximum atomic E-state index is 3.56. The molecule has 100 valence electrons. The first-order valence-corrected chi connectivity index (χ1v) is 6.63. The van der Waals surface area contributed by atoms with Crippen LogP contribution in [-0.4, -0.2) is 7.05 Å². The molecule has 0 radical (unpaired) electrons. The Balaban J connectivity index is 2.19. The largest absolute Gasteiger partial charge is 0.310 e. The molecule has 0 spiro atoms. The summed E-state index contributed by atoms with van der Waals surface area (Å²) in [6, 6.07) is 18.9. The lowest BCUT2D eigenvalue weighted by atomic mass is 9.95. The fourth-order valence-electron chi connectivity index (χ4n) is 2.34. The van der Waals surface area contributed by atoms with E-state index in [1.165, 1.54) is 16.8 Å². The third-order valence-electron chi connectivity index (χ3n) is 3.42. The first-order chi connectivity index (χ1) is 9.00. The Labute approximate surface area is 116 Å². The molecule has 2 aromatic rings. The van der Waals surface area contributed by atoms with Crippen molar-refractivity contribution in [1.82, 2.24) is 5.43 Å². The van der Waals surface area contributed by atoms with E-state index < -0.39 is 0 Å². The number of hydrogen-bond acceptors (Lipinski definition) is 2. The van der Waals surface area contributed by atoms with Gasteiger partial charge in [-0.1, -0.05) is 48.5 Å². The van der Waals surface area contributed by atoms with E-state index >= 15 is 0 Å². The molecule has 0 bridgehead atoms. The minimum absolute atomic E-state index is 0.113. The molecule has 19 heavy (non-hydrogen) atoms. The van der Waals surface area contributed by atoms with Gasteiger partial charge >= 0.3 is 0 Å². The minimum atomic E-state index is -0.113. The number of rotatable bonds is 4. The Morgan fingerprint density at radius 2 is 1.47 bits per heavy atom. The molecular formula is C17H22N2. The fraction of sp³-hybridized carbons (Fsp3) is 0.294. The minimum Gasteiger partial charge on any atom is -0.310 e. The lowest BCUT2D eigenvalue weighted by molar-refractivity contribution is 0.398. The number of para-hydroxylation sites is 1. The van der Waals surface area contributed by atoms with Crippen molar-refractivity contribution in [2.45, 2.75) is 26.3 Å². The molecule has 0 atom stereocenters. The maximum absolute atomic E-state index is 3.56. The molecule has 0 fully saturated rings. The third-order valence-corrected chi connectivity index (χ3v) is 3.42. The van der Waals surface area contributed by atoms with Gasteiger partial charge in [0.1, 0.15) is 0 Å². The molecule has 2 aromatic carbocycles. The second-order valence-electron chi connectivity index (χ2n) is 5.45. The van der Waals surface area contributed by atoms with Gasteiger partial charge in [0.15, 0.2) is 0 Å². The summed E-state index contributed by atoms with van der Waals surface area (Å²) in [5.41, 5.74) is 7.19. The van der Waals surface area contributed by atoms with Crippen molar-refractivity contribution in [3.05, 3.63) is 65.7 Å². The number of hydrazine groups is 1. The van der Waals surface area contributed by atoms with E-state index in [0.717, 1.165) is 0 Å². The van der Waals surface area contributed by atoms with E-state index in [2.05, 4.69) is 86.8 Å². The molecule has 0 unspecified atom stereocenters. The number of benzene rings is 2. The Morgan fingerprint density at radius 3 is 2.11 bits per heavy atom. The second kappa shape index (κ2) is 5.45. The van der Waals surface area contributed by atoms with Crippen molar-refractivity contribution >= 4 is 5.69 Å². The lowest BCUT2D eigenvalue weighted by Gasteiger charge is -2.34. The summed E-state index contributed by atoms with van der Waals surface area (Å²) in [6.45, 7) is 6.51. The highest BCUT2D eigenvalue weighted by Gasteiger charge is 2.22. The molecule has 0 saturated heterocycles. The van der Waals surface area contributed by atoms with E-state index in [9.17, 15) is 0 Å². The van der Waals surface area contributed by atoms with Gasteiger partial charge in [0.05, 0.1) is 11.2 Å². The van der Waals surface area contributed by atoms with Gasteiger partial charge in [-0.3, -0.25) is 0 Å². The van der Waals surface area contributed by atoms with Crippen LogP contribution in [0.4, 0.5) is 5.69 Å².